The lowest BCUT2D eigenvalue weighted by Crippen LogP contribution is -2.31. The summed E-state index contributed by atoms with van der Waals surface area (Å²) in [6, 6.07) is 15.6. The molecular formula is C13H13BO2. The number of hydrogen-bond acceptors (Lipinski definition) is 2. The summed E-state index contributed by atoms with van der Waals surface area (Å²) >= 11 is 0. The van der Waals surface area contributed by atoms with Crippen molar-refractivity contribution in [2.45, 2.75) is 6.92 Å². The molecule has 0 aliphatic heterocycles. The van der Waals surface area contributed by atoms with Gasteiger partial charge >= 0.3 is 7.12 Å². The van der Waals surface area contributed by atoms with Gasteiger partial charge in [-0.1, -0.05) is 54.1 Å². The highest BCUT2D eigenvalue weighted by Gasteiger charge is 2.13. The Labute approximate surface area is 95.3 Å². The quantitative estimate of drug-likeness (QED) is 0.737. The van der Waals surface area contributed by atoms with Crippen molar-refractivity contribution in [3.63, 3.8) is 0 Å². The molecule has 0 spiro atoms. The summed E-state index contributed by atoms with van der Waals surface area (Å²) in [5.41, 5.74) is 3.66. The van der Waals surface area contributed by atoms with E-state index in [4.69, 9.17) is 10.0 Å². The van der Waals surface area contributed by atoms with Crippen molar-refractivity contribution >= 4 is 12.6 Å². The van der Waals surface area contributed by atoms with Gasteiger partial charge in [-0.3, -0.25) is 0 Å². The molecule has 0 bridgehead atoms. The second-order valence-corrected chi connectivity index (χ2v) is 3.81. The predicted molar refractivity (Wildman–Crippen MR) is 66.4 cm³/mol. The minimum atomic E-state index is -1.40. The molecule has 0 fully saturated rings. The minimum Gasteiger partial charge on any atom is -0.423 e. The lowest BCUT2D eigenvalue weighted by Gasteiger charge is -2.07. The van der Waals surface area contributed by atoms with Crippen molar-refractivity contribution in [3.05, 3.63) is 54.1 Å². The number of benzene rings is 2. The largest absolute Gasteiger partial charge is 0.488 e. The average molecular weight is 212 g/mol. The molecule has 2 aromatic carbocycles. The first-order valence-corrected chi connectivity index (χ1v) is 5.20. The Balaban J connectivity index is 2.43. The zero-order valence-corrected chi connectivity index (χ0v) is 9.09. The van der Waals surface area contributed by atoms with Crippen LogP contribution in [0.25, 0.3) is 11.1 Å². The molecule has 0 radical (unpaired) electrons. The van der Waals surface area contributed by atoms with Crippen molar-refractivity contribution < 1.29 is 10.0 Å². The van der Waals surface area contributed by atoms with Crippen LogP contribution in [0.4, 0.5) is 0 Å². The first-order valence-electron chi connectivity index (χ1n) is 5.20. The van der Waals surface area contributed by atoms with Gasteiger partial charge in [0.05, 0.1) is 0 Å². The molecule has 0 atom stereocenters. The number of rotatable bonds is 2. The average Bonchev–Trinajstić information content (AvgIpc) is 2.29. The fraction of sp³-hybridized carbons (Fsp3) is 0.0769. The minimum absolute atomic E-state index is 0.555. The molecule has 80 valence electrons. The van der Waals surface area contributed by atoms with Crippen LogP contribution in [0.2, 0.25) is 0 Å². The van der Waals surface area contributed by atoms with Crippen LogP contribution in [0.1, 0.15) is 5.56 Å². The maximum atomic E-state index is 9.12. The summed E-state index contributed by atoms with van der Waals surface area (Å²) in [5.74, 6) is 0. The van der Waals surface area contributed by atoms with Crippen LogP contribution in [-0.2, 0) is 0 Å². The van der Waals surface area contributed by atoms with Crippen LogP contribution >= 0.6 is 0 Å². The normalized spacial score (nSPS) is 10.2. The van der Waals surface area contributed by atoms with Gasteiger partial charge in [-0.2, -0.15) is 0 Å². The molecular weight excluding hydrogens is 199 g/mol. The lowest BCUT2D eigenvalue weighted by atomic mass is 9.76. The monoisotopic (exact) mass is 212 g/mol. The molecule has 0 aliphatic carbocycles. The Hall–Kier alpha value is -1.58. The van der Waals surface area contributed by atoms with E-state index in [9.17, 15) is 0 Å². The van der Waals surface area contributed by atoms with Crippen molar-refractivity contribution in [2.75, 3.05) is 0 Å². The van der Waals surface area contributed by atoms with Gasteiger partial charge in [-0.05, 0) is 23.5 Å². The third kappa shape index (κ3) is 2.16. The summed E-state index contributed by atoms with van der Waals surface area (Å²) in [6.07, 6.45) is 0. The van der Waals surface area contributed by atoms with E-state index >= 15 is 0 Å². The van der Waals surface area contributed by atoms with Gasteiger partial charge in [0.2, 0.25) is 0 Å². The molecule has 0 saturated carbocycles. The highest BCUT2D eigenvalue weighted by molar-refractivity contribution is 6.59. The molecule has 0 unspecified atom stereocenters. The second kappa shape index (κ2) is 4.52. The van der Waals surface area contributed by atoms with Crippen molar-refractivity contribution in [3.8, 4) is 11.1 Å². The van der Waals surface area contributed by atoms with Crippen LogP contribution in [0.5, 0.6) is 0 Å². The fourth-order valence-corrected chi connectivity index (χ4v) is 1.78. The molecule has 0 aliphatic rings. The van der Waals surface area contributed by atoms with Gasteiger partial charge in [-0.25, -0.2) is 0 Å². The summed E-state index contributed by atoms with van der Waals surface area (Å²) in [6.45, 7) is 1.88. The Morgan fingerprint density at radius 2 is 1.56 bits per heavy atom. The SMILES string of the molecule is Cc1cc(-c2ccccc2)ccc1B(O)O. The molecule has 0 saturated heterocycles. The highest BCUT2D eigenvalue weighted by atomic mass is 16.4. The van der Waals surface area contributed by atoms with Gasteiger partial charge in [0.15, 0.2) is 0 Å². The number of aryl methyl sites for hydroxylation is 1. The van der Waals surface area contributed by atoms with E-state index in [-0.39, 0.29) is 0 Å². The van der Waals surface area contributed by atoms with Crippen molar-refractivity contribution in [2.24, 2.45) is 0 Å². The second-order valence-electron chi connectivity index (χ2n) is 3.81. The Morgan fingerprint density at radius 1 is 0.875 bits per heavy atom. The van der Waals surface area contributed by atoms with E-state index < -0.39 is 7.12 Å². The summed E-state index contributed by atoms with van der Waals surface area (Å²) < 4.78 is 0. The van der Waals surface area contributed by atoms with Crippen LogP contribution in [0, 0.1) is 6.92 Å². The third-order valence-electron chi connectivity index (χ3n) is 2.66. The van der Waals surface area contributed by atoms with Crippen molar-refractivity contribution in [1.29, 1.82) is 0 Å². The topological polar surface area (TPSA) is 40.5 Å². The van der Waals surface area contributed by atoms with E-state index in [1.165, 1.54) is 0 Å². The highest BCUT2D eigenvalue weighted by Crippen LogP contribution is 2.18. The van der Waals surface area contributed by atoms with E-state index in [0.717, 1.165) is 16.7 Å². The van der Waals surface area contributed by atoms with Gasteiger partial charge < -0.3 is 10.0 Å². The number of hydrogen-bond donors (Lipinski definition) is 2. The van der Waals surface area contributed by atoms with E-state index in [0.29, 0.717) is 5.46 Å². The maximum Gasteiger partial charge on any atom is 0.488 e. The first-order chi connectivity index (χ1) is 7.68. The molecule has 2 nitrogen and oxygen atoms in total. The van der Waals surface area contributed by atoms with Gasteiger partial charge in [0, 0.05) is 0 Å². The standard InChI is InChI=1S/C13H13BO2/c1-10-9-12(7-8-13(10)14(15)16)11-5-3-2-4-6-11/h2-9,15-16H,1H3. The van der Waals surface area contributed by atoms with Crippen molar-refractivity contribution in [1.82, 2.24) is 0 Å². The van der Waals surface area contributed by atoms with Crippen LogP contribution in [0.3, 0.4) is 0 Å². The molecule has 0 aromatic heterocycles. The smallest absolute Gasteiger partial charge is 0.423 e. The van der Waals surface area contributed by atoms with Gasteiger partial charge in [0.1, 0.15) is 0 Å². The molecule has 16 heavy (non-hydrogen) atoms. The fourth-order valence-electron chi connectivity index (χ4n) is 1.78. The van der Waals surface area contributed by atoms with Crippen LogP contribution in [-0.4, -0.2) is 17.2 Å². The van der Waals surface area contributed by atoms with Gasteiger partial charge in [-0.15, -0.1) is 0 Å². The van der Waals surface area contributed by atoms with Gasteiger partial charge in [0.25, 0.3) is 0 Å². The molecule has 0 amide bonds. The molecule has 3 heteroatoms. The van der Waals surface area contributed by atoms with Crippen LogP contribution < -0.4 is 5.46 Å². The zero-order valence-electron chi connectivity index (χ0n) is 9.09. The Kier molecular flexibility index (Phi) is 3.08. The molecule has 0 heterocycles. The summed E-state index contributed by atoms with van der Waals surface area (Å²) in [4.78, 5) is 0. The predicted octanol–water partition coefficient (Wildman–Crippen LogP) is 1.34. The van der Waals surface area contributed by atoms with E-state index in [1.54, 1.807) is 6.07 Å². The molecule has 2 N–H and O–H groups in total. The molecule has 2 aromatic rings. The first kappa shape index (κ1) is 10.9. The zero-order chi connectivity index (χ0) is 11.5. The summed E-state index contributed by atoms with van der Waals surface area (Å²) in [5, 5.41) is 18.2. The Bertz CT molecular complexity index is 481. The summed E-state index contributed by atoms with van der Waals surface area (Å²) in [7, 11) is -1.40. The van der Waals surface area contributed by atoms with E-state index in [1.807, 2.05) is 49.4 Å². The van der Waals surface area contributed by atoms with E-state index in [2.05, 4.69) is 0 Å². The lowest BCUT2D eigenvalue weighted by molar-refractivity contribution is 0.425. The van der Waals surface area contributed by atoms with Crippen LogP contribution in [0.15, 0.2) is 48.5 Å². The third-order valence-corrected chi connectivity index (χ3v) is 2.66. The molecule has 2 rings (SSSR count). The maximum absolute atomic E-state index is 9.12. The Morgan fingerprint density at radius 3 is 2.12 bits per heavy atom.